The minimum atomic E-state index is -0.365. The molecule has 0 saturated carbocycles. The molecule has 6 nitrogen and oxygen atoms in total. The number of aromatic nitrogens is 1. The van der Waals surface area contributed by atoms with Crippen LogP contribution in [0.2, 0.25) is 0 Å². The largest absolute Gasteiger partial charge is 0.382 e. The molecule has 0 amide bonds. The third-order valence-electron chi connectivity index (χ3n) is 3.89. The first-order valence-corrected chi connectivity index (χ1v) is 7.25. The number of hydrogen-bond acceptors (Lipinski definition) is 5. The molecule has 21 heavy (non-hydrogen) atoms. The van der Waals surface area contributed by atoms with E-state index >= 15 is 0 Å². The molecular formula is C15H18N4O2. The highest BCUT2D eigenvalue weighted by Gasteiger charge is 2.16. The number of hydrogen-bond donors (Lipinski definition) is 2. The Morgan fingerprint density at radius 1 is 1.38 bits per heavy atom. The van der Waals surface area contributed by atoms with Gasteiger partial charge in [-0.15, -0.1) is 0 Å². The van der Waals surface area contributed by atoms with E-state index in [1.165, 1.54) is 12.8 Å². The fourth-order valence-corrected chi connectivity index (χ4v) is 2.79. The van der Waals surface area contributed by atoms with E-state index in [-0.39, 0.29) is 10.6 Å². The van der Waals surface area contributed by atoms with Crippen molar-refractivity contribution in [1.82, 2.24) is 10.3 Å². The van der Waals surface area contributed by atoms with Crippen LogP contribution in [0.15, 0.2) is 30.5 Å². The molecule has 6 heteroatoms. The molecule has 0 aliphatic carbocycles. The van der Waals surface area contributed by atoms with E-state index < -0.39 is 0 Å². The van der Waals surface area contributed by atoms with Gasteiger partial charge in [-0.05, 0) is 37.6 Å². The van der Waals surface area contributed by atoms with Crippen LogP contribution in [0.5, 0.6) is 0 Å². The van der Waals surface area contributed by atoms with Crippen LogP contribution in [0.3, 0.4) is 0 Å². The smallest absolute Gasteiger partial charge is 0.278 e. The molecular weight excluding hydrogens is 268 g/mol. The molecule has 1 aliphatic heterocycles. The Bertz CT molecular complexity index is 653. The first-order chi connectivity index (χ1) is 10.3. The molecule has 1 aromatic heterocycles. The van der Waals surface area contributed by atoms with Crippen molar-refractivity contribution >= 4 is 22.3 Å². The van der Waals surface area contributed by atoms with Crippen molar-refractivity contribution in [3.8, 4) is 0 Å². The van der Waals surface area contributed by atoms with Crippen molar-refractivity contribution in [2.24, 2.45) is 0 Å². The number of benzene rings is 1. The number of piperidine rings is 1. The van der Waals surface area contributed by atoms with E-state index in [4.69, 9.17) is 0 Å². The highest BCUT2D eigenvalue weighted by Crippen LogP contribution is 2.29. The van der Waals surface area contributed by atoms with Crippen LogP contribution in [-0.2, 0) is 0 Å². The molecule has 0 spiro atoms. The van der Waals surface area contributed by atoms with Crippen molar-refractivity contribution in [3.63, 3.8) is 0 Å². The Kier molecular flexibility index (Phi) is 3.96. The second-order valence-electron chi connectivity index (χ2n) is 5.32. The number of non-ortho nitro benzene ring substituents is 1. The molecule has 1 saturated heterocycles. The van der Waals surface area contributed by atoms with Crippen LogP contribution in [0.1, 0.15) is 19.3 Å². The van der Waals surface area contributed by atoms with E-state index in [0.717, 1.165) is 25.2 Å². The number of nitrogens with zero attached hydrogens (tertiary/aromatic N) is 2. The lowest BCUT2D eigenvalue weighted by Crippen LogP contribution is -2.39. The van der Waals surface area contributed by atoms with E-state index in [2.05, 4.69) is 15.6 Å². The fourth-order valence-electron chi connectivity index (χ4n) is 2.79. The Labute approximate surface area is 122 Å². The van der Waals surface area contributed by atoms with Gasteiger partial charge in [-0.3, -0.25) is 15.1 Å². The highest BCUT2D eigenvalue weighted by molar-refractivity contribution is 5.96. The molecule has 3 rings (SSSR count). The second-order valence-corrected chi connectivity index (χ2v) is 5.32. The van der Waals surface area contributed by atoms with Crippen LogP contribution in [-0.4, -0.2) is 29.0 Å². The summed E-state index contributed by atoms with van der Waals surface area (Å²) in [5.41, 5.74) is 1.60. The molecule has 110 valence electrons. The first-order valence-electron chi connectivity index (χ1n) is 7.25. The quantitative estimate of drug-likeness (QED) is 0.667. The third kappa shape index (κ3) is 2.95. The third-order valence-corrected chi connectivity index (χ3v) is 3.89. The maximum atomic E-state index is 11.1. The lowest BCUT2D eigenvalue weighted by atomic mass is 10.0. The Morgan fingerprint density at radius 2 is 2.29 bits per heavy atom. The van der Waals surface area contributed by atoms with Gasteiger partial charge in [0.25, 0.3) is 5.69 Å². The zero-order valence-electron chi connectivity index (χ0n) is 11.7. The topological polar surface area (TPSA) is 80.1 Å². The number of anilines is 1. The van der Waals surface area contributed by atoms with Gasteiger partial charge in [-0.25, -0.2) is 0 Å². The summed E-state index contributed by atoms with van der Waals surface area (Å²) < 4.78 is 0. The summed E-state index contributed by atoms with van der Waals surface area (Å²) in [5, 5.41) is 18.5. The van der Waals surface area contributed by atoms with E-state index in [0.29, 0.717) is 16.9 Å². The highest BCUT2D eigenvalue weighted by atomic mass is 16.6. The molecule has 2 heterocycles. The summed E-state index contributed by atoms with van der Waals surface area (Å²) in [7, 11) is 0. The maximum absolute atomic E-state index is 11.1. The van der Waals surface area contributed by atoms with Crippen molar-refractivity contribution < 1.29 is 4.92 Å². The summed E-state index contributed by atoms with van der Waals surface area (Å²) in [4.78, 5) is 15.0. The molecule has 0 bridgehead atoms. The Balaban J connectivity index is 1.85. The van der Waals surface area contributed by atoms with Gasteiger partial charge < -0.3 is 10.6 Å². The average Bonchev–Trinajstić information content (AvgIpc) is 2.53. The molecule has 1 aromatic carbocycles. The van der Waals surface area contributed by atoms with Gasteiger partial charge in [0.05, 0.1) is 16.0 Å². The maximum Gasteiger partial charge on any atom is 0.278 e. The lowest BCUT2D eigenvalue weighted by molar-refractivity contribution is -0.383. The van der Waals surface area contributed by atoms with Gasteiger partial charge in [0.1, 0.15) is 5.52 Å². The van der Waals surface area contributed by atoms with Crippen molar-refractivity contribution in [2.75, 3.05) is 18.4 Å². The minimum absolute atomic E-state index is 0.0967. The number of nitrogens with one attached hydrogen (secondary N) is 2. The normalized spacial score (nSPS) is 18.6. The summed E-state index contributed by atoms with van der Waals surface area (Å²) in [6.45, 7) is 1.87. The van der Waals surface area contributed by atoms with E-state index in [1.807, 2.05) is 0 Å². The number of rotatable bonds is 4. The van der Waals surface area contributed by atoms with Crippen LogP contribution < -0.4 is 10.6 Å². The summed E-state index contributed by atoms with van der Waals surface area (Å²) >= 11 is 0. The van der Waals surface area contributed by atoms with Crippen molar-refractivity contribution in [3.05, 3.63) is 40.6 Å². The number of nitro benzene ring substituents is 1. The molecule has 1 aliphatic rings. The Hall–Kier alpha value is -2.21. The van der Waals surface area contributed by atoms with Crippen LogP contribution in [0, 0.1) is 10.1 Å². The average molecular weight is 286 g/mol. The molecule has 1 unspecified atom stereocenters. The van der Waals surface area contributed by atoms with Crippen LogP contribution >= 0.6 is 0 Å². The van der Waals surface area contributed by atoms with E-state index in [9.17, 15) is 10.1 Å². The Morgan fingerprint density at radius 3 is 3.05 bits per heavy atom. The van der Waals surface area contributed by atoms with Crippen molar-refractivity contribution in [2.45, 2.75) is 25.3 Å². The van der Waals surface area contributed by atoms with E-state index in [1.54, 1.807) is 30.5 Å². The predicted molar refractivity (Wildman–Crippen MR) is 82.5 cm³/mol. The molecule has 0 radical (unpaired) electrons. The fraction of sp³-hybridized carbons (Fsp3) is 0.400. The minimum Gasteiger partial charge on any atom is -0.382 e. The zero-order valence-corrected chi connectivity index (χ0v) is 11.7. The summed E-state index contributed by atoms with van der Waals surface area (Å²) in [5.74, 6) is 0. The number of nitro groups is 1. The summed E-state index contributed by atoms with van der Waals surface area (Å²) in [6, 6.07) is 7.20. The van der Waals surface area contributed by atoms with Gasteiger partial charge in [-0.1, -0.05) is 6.42 Å². The van der Waals surface area contributed by atoms with Crippen molar-refractivity contribution in [1.29, 1.82) is 0 Å². The van der Waals surface area contributed by atoms with Crippen LogP contribution in [0.25, 0.3) is 10.9 Å². The van der Waals surface area contributed by atoms with Gasteiger partial charge >= 0.3 is 0 Å². The molecule has 2 aromatic rings. The molecule has 1 fully saturated rings. The standard InChI is InChI=1S/C15H18N4O2/c20-19(21)14-7-6-13(15-12(14)5-3-9-17-15)18-10-11-4-1-2-8-16-11/h3,5-7,9,11,16,18H,1-2,4,8,10H2. The van der Waals surface area contributed by atoms with Gasteiger partial charge in [0, 0.05) is 24.8 Å². The second kappa shape index (κ2) is 6.05. The first kappa shape index (κ1) is 13.8. The lowest BCUT2D eigenvalue weighted by Gasteiger charge is -2.24. The number of fused-ring (bicyclic) bond motifs is 1. The molecule has 1 atom stereocenters. The van der Waals surface area contributed by atoms with Gasteiger partial charge in [0.2, 0.25) is 0 Å². The van der Waals surface area contributed by atoms with Gasteiger partial charge in [0.15, 0.2) is 0 Å². The zero-order chi connectivity index (χ0) is 14.7. The molecule has 2 N–H and O–H groups in total. The van der Waals surface area contributed by atoms with Gasteiger partial charge in [-0.2, -0.15) is 0 Å². The predicted octanol–water partition coefficient (Wildman–Crippen LogP) is 2.70. The number of pyridine rings is 1. The SMILES string of the molecule is O=[N+]([O-])c1ccc(NCC2CCCCN2)c2ncccc12. The monoisotopic (exact) mass is 286 g/mol. The van der Waals surface area contributed by atoms with Crippen LogP contribution in [0.4, 0.5) is 11.4 Å². The summed E-state index contributed by atoms with van der Waals surface area (Å²) in [6.07, 6.45) is 5.30.